The summed E-state index contributed by atoms with van der Waals surface area (Å²) in [5.41, 5.74) is 2.24. The molecular formula is C19H22ClNO4S. The van der Waals surface area contributed by atoms with Crippen molar-refractivity contribution in [1.82, 2.24) is 0 Å². The summed E-state index contributed by atoms with van der Waals surface area (Å²) in [4.78, 5) is 12.1. The van der Waals surface area contributed by atoms with Crippen LogP contribution in [0.1, 0.15) is 17.5 Å². The van der Waals surface area contributed by atoms with E-state index >= 15 is 0 Å². The van der Waals surface area contributed by atoms with Crippen LogP contribution in [-0.2, 0) is 21.1 Å². The van der Waals surface area contributed by atoms with E-state index in [0.717, 1.165) is 11.1 Å². The lowest BCUT2D eigenvalue weighted by atomic mass is 10.1. The van der Waals surface area contributed by atoms with E-state index in [2.05, 4.69) is 5.32 Å². The lowest BCUT2D eigenvalue weighted by Crippen LogP contribution is -2.25. The predicted molar refractivity (Wildman–Crippen MR) is 105 cm³/mol. The Bertz CT molecular complexity index is 867. The zero-order valence-corrected chi connectivity index (χ0v) is 16.4. The number of rotatable bonds is 8. The molecule has 0 radical (unpaired) electrons. The van der Waals surface area contributed by atoms with Gasteiger partial charge < -0.3 is 10.1 Å². The molecule has 0 unspecified atom stereocenters. The Labute approximate surface area is 159 Å². The second-order valence-electron chi connectivity index (χ2n) is 6.03. The molecule has 0 aliphatic heterocycles. The Hall–Kier alpha value is -2.05. The molecule has 2 aromatic carbocycles. The van der Waals surface area contributed by atoms with Crippen LogP contribution < -0.4 is 10.1 Å². The average Bonchev–Trinajstić information content (AvgIpc) is 2.58. The topological polar surface area (TPSA) is 72.5 Å². The van der Waals surface area contributed by atoms with Gasteiger partial charge in [0.2, 0.25) is 5.91 Å². The fraction of sp³-hybridized carbons (Fsp3) is 0.316. The molecule has 2 rings (SSSR count). The highest BCUT2D eigenvalue weighted by atomic mass is 35.5. The van der Waals surface area contributed by atoms with Crippen molar-refractivity contribution in [1.29, 1.82) is 0 Å². The van der Waals surface area contributed by atoms with Gasteiger partial charge >= 0.3 is 0 Å². The van der Waals surface area contributed by atoms with Gasteiger partial charge in [-0.1, -0.05) is 41.9 Å². The first-order valence-corrected chi connectivity index (χ1v) is 10.4. The van der Waals surface area contributed by atoms with Crippen molar-refractivity contribution in [2.24, 2.45) is 0 Å². The summed E-state index contributed by atoms with van der Waals surface area (Å²) in [5, 5.41) is 3.10. The number of ether oxygens (including phenoxy) is 1. The van der Waals surface area contributed by atoms with Crippen LogP contribution in [0.4, 0.5) is 5.69 Å². The number of amides is 1. The van der Waals surface area contributed by atoms with Gasteiger partial charge in [0.1, 0.15) is 11.5 Å². The summed E-state index contributed by atoms with van der Waals surface area (Å²) >= 11 is 6.03. The predicted octanol–water partition coefficient (Wildman–Crippen LogP) is 3.64. The Kier molecular flexibility index (Phi) is 7.06. The fourth-order valence-electron chi connectivity index (χ4n) is 2.53. The molecule has 140 valence electrons. The molecule has 0 bridgehead atoms. The molecule has 0 spiro atoms. The maximum Gasteiger partial charge on any atom is 0.239 e. The van der Waals surface area contributed by atoms with Gasteiger partial charge in [0.05, 0.1) is 18.6 Å². The maximum absolute atomic E-state index is 12.2. The van der Waals surface area contributed by atoms with E-state index in [9.17, 15) is 13.2 Å². The Morgan fingerprint density at radius 1 is 1.19 bits per heavy atom. The molecule has 1 amide bonds. The van der Waals surface area contributed by atoms with Gasteiger partial charge in [0.15, 0.2) is 9.84 Å². The van der Waals surface area contributed by atoms with E-state index in [0.29, 0.717) is 29.3 Å². The van der Waals surface area contributed by atoms with Crippen molar-refractivity contribution >= 4 is 33.0 Å². The van der Waals surface area contributed by atoms with Crippen LogP contribution in [0.5, 0.6) is 5.75 Å². The van der Waals surface area contributed by atoms with Crippen molar-refractivity contribution in [3.8, 4) is 5.75 Å². The van der Waals surface area contributed by atoms with Crippen molar-refractivity contribution in [2.75, 3.05) is 23.9 Å². The van der Waals surface area contributed by atoms with Gasteiger partial charge in [-0.15, -0.1) is 0 Å². The van der Waals surface area contributed by atoms with Crippen molar-refractivity contribution in [3.63, 3.8) is 0 Å². The number of nitrogens with one attached hydrogen (secondary N) is 1. The number of sulfone groups is 1. The summed E-state index contributed by atoms with van der Waals surface area (Å²) in [6.07, 6.45) is 1.13. The molecule has 0 atom stereocenters. The summed E-state index contributed by atoms with van der Waals surface area (Å²) in [5.74, 6) is -0.807. The van der Waals surface area contributed by atoms with E-state index in [1.165, 1.54) is 7.11 Å². The number of hydrogen-bond acceptors (Lipinski definition) is 4. The smallest absolute Gasteiger partial charge is 0.239 e. The Morgan fingerprint density at radius 3 is 2.54 bits per heavy atom. The van der Waals surface area contributed by atoms with Crippen LogP contribution in [0.2, 0.25) is 5.02 Å². The summed E-state index contributed by atoms with van der Waals surface area (Å²) in [6.45, 7) is 1.79. The highest BCUT2D eigenvalue weighted by Gasteiger charge is 2.18. The minimum absolute atomic E-state index is 0.0356. The normalized spacial score (nSPS) is 11.2. The van der Waals surface area contributed by atoms with E-state index in [4.69, 9.17) is 16.3 Å². The maximum atomic E-state index is 12.2. The number of hydrogen-bond donors (Lipinski definition) is 1. The van der Waals surface area contributed by atoms with Crippen LogP contribution in [-0.4, -0.2) is 32.9 Å². The molecule has 0 saturated carbocycles. The summed E-state index contributed by atoms with van der Waals surface area (Å²) in [6, 6.07) is 12.9. The quantitative estimate of drug-likeness (QED) is 0.740. The van der Waals surface area contributed by atoms with Crippen LogP contribution in [0, 0.1) is 6.92 Å². The highest BCUT2D eigenvalue weighted by Crippen LogP contribution is 2.30. The molecule has 0 saturated heterocycles. The molecule has 26 heavy (non-hydrogen) atoms. The minimum atomic E-state index is -3.49. The zero-order chi connectivity index (χ0) is 19.2. The second kappa shape index (κ2) is 9.05. The van der Waals surface area contributed by atoms with E-state index in [1.807, 2.05) is 30.3 Å². The monoisotopic (exact) mass is 395 g/mol. The number of benzene rings is 2. The molecule has 0 fully saturated rings. The standard InChI is InChI=1S/C19H22ClNO4S/c1-14-11-17(18(25-2)12-16(14)20)21-19(22)13-26(23,24)10-6-9-15-7-4-3-5-8-15/h3-5,7-8,11-12H,6,9-10,13H2,1-2H3,(H,21,22). The van der Waals surface area contributed by atoms with Gasteiger partial charge in [0, 0.05) is 11.1 Å². The summed E-state index contributed by atoms with van der Waals surface area (Å²) in [7, 11) is -2.03. The Balaban J connectivity index is 1.93. The van der Waals surface area contributed by atoms with Crippen LogP contribution in [0.3, 0.4) is 0 Å². The largest absolute Gasteiger partial charge is 0.495 e. The zero-order valence-electron chi connectivity index (χ0n) is 14.8. The van der Waals surface area contributed by atoms with Crippen LogP contribution in [0.25, 0.3) is 0 Å². The lowest BCUT2D eigenvalue weighted by molar-refractivity contribution is -0.113. The van der Waals surface area contributed by atoms with Gasteiger partial charge in [0.25, 0.3) is 0 Å². The number of aryl methyl sites for hydroxylation is 2. The van der Waals surface area contributed by atoms with E-state index in [-0.39, 0.29) is 5.75 Å². The molecule has 0 aromatic heterocycles. The molecule has 2 aromatic rings. The molecule has 0 aliphatic rings. The van der Waals surface area contributed by atoms with Gasteiger partial charge in [-0.25, -0.2) is 8.42 Å². The van der Waals surface area contributed by atoms with Crippen molar-refractivity contribution in [2.45, 2.75) is 19.8 Å². The number of carbonyl (C=O) groups excluding carboxylic acids is 1. The number of halogens is 1. The third-order valence-corrected chi connectivity index (χ3v) is 5.89. The molecule has 1 N–H and O–H groups in total. The highest BCUT2D eigenvalue weighted by molar-refractivity contribution is 7.92. The number of methoxy groups -OCH3 is 1. The number of anilines is 1. The molecule has 7 heteroatoms. The van der Waals surface area contributed by atoms with Crippen molar-refractivity contribution in [3.05, 3.63) is 58.6 Å². The molecule has 0 heterocycles. The molecule has 5 nitrogen and oxygen atoms in total. The fourth-order valence-corrected chi connectivity index (χ4v) is 3.88. The first kappa shape index (κ1) is 20.3. The molecule has 0 aliphatic carbocycles. The van der Waals surface area contributed by atoms with Crippen LogP contribution >= 0.6 is 11.6 Å². The van der Waals surface area contributed by atoms with Crippen molar-refractivity contribution < 1.29 is 17.9 Å². The van der Waals surface area contributed by atoms with Gasteiger partial charge in [-0.05, 0) is 37.0 Å². The first-order valence-electron chi connectivity index (χ1n) is 8.19. The third-order valence-electron chi connectivity index (χ3n) is 3.87. The average molecular weight is 396 g/mol. The third kappa shape index (κ3) is 6.04. The van der Waals surface area contributed by atoms with Gasteiger partial charge in [-0.2, -0.15) is 0 Å². The van der Waals surface area contributed by atoms with Crippen LogP contribution in [0.15, 0.2) is 42.5 Å². The summed E-state index contributed by atoms with van der Waals surface area (Å²) < 4.78 is 29.5. The SMILES string of the molecule is COc1cc(Cl)c(C)cc1NC(=O)CS(=O)(=O)CCCc1ccccc1. The molecular weight excluding hydrogens is 374 g/mol. The van der Waals surface area contributed by atoms with E-state index in [1.54, 1.807) is 19.1 Å². The van der Waals surface area contributed by atoms with E-state index < -0.39 is 21.5 Å². The minimum Gasteiger partial charge on any atom is -0.495 e. The second-order valence-corrected chi connectivity index (χ2v) is 8.62. The van der Waals surface area contributed by atoms with Gasteiger partial charge in [-0.3, -0.25) is 4.79 Å². The lowest BCUT2D eigenvalue weighted by Gasteiger charge is -2.12. The Morgan fingerprint density at radius 2 is 1.88 bits per heavy atom. The number of carbonyl (C=O) groups is 1. The first-order chi connectivity index (χ1) is 12.3.